The topological polar surface area (TPSA) is 69.7 Å². The molecular weight excluding hydrogens is 354 g/mol. The fourth-order valence-corrected chi connectivity index (χ4v) is 3.98. The molecule has 1 atom stereocenters. The van der Waals surface area contributed by atoms with Crippen molar-refractivity contribution in [1.82, 2.24) is 20.4 Å². The summed E-state index contributed by atoms with van der Waals surface area (Å²) in [5.41, 5.74) is 6.56. The highest BCUT2D eigenvalue weighted by molar-refractivity contribution is 5.65. The molecule has 0 amide bonds. The molecule has 2 fully saturated rings. The number of fused-ring (bicyclic) bond motifs is 1. The Morgan fingerprint density at radius 3 is 2.61 bits per heavy atom. The van der Waals surface area contributed by atoms with Crippen LogP contribution in [0.15, 0.2) is 54.9 Å². The van der Waals surface area contributed by atoms with Gasteiger partial charge in [0, 0.05) is 43.2 Å². The van der Waals surface area contributed by atoms with Crippen LogP contribution in [-0.2, 0) is 0 Å². The summed E-state index contributed by atoms with van der Waals surface area (Å²) in [7, 11) is 1.65. The van der Waals surface area contributed by atoms with Gasteiger partial charge in [0.1, 0.15) is 11.6 Å². The van der Waals surface area contributed by atoms with Crippen LogP contribution in [0.1, 0.15) is 12.8 Å². The highest BCUT2D eigenvalue weighted by Crippen LogP contribution is 2.36. The van der Waals surface area contributed by atoms with Crippen molar-refractivity contribution >= 4 is 17.3 Å². The van der Waals surface area contributed by atoms with Gasteiger partial charge in [-0.1, -0.05) is 6.58 Å². The maximum Gasteiger partial charge on any atom is 0.165 e. The minimum Gasteiger partial charge on any atom is -0.495 e. The van der Waals surface area contributed by atoms with Crippen LogP contribution < -0.4 is 25.0 Å². The van der Waals surface area contributed by atoms with Gasteiger partial charge in [-0.15, -0.1) is 0 Å². The van der Waals surface area contributed by atoms with Gasteiger partial charge in [-0.3, -0.25) is 9.99 Å². The van der Waals surface area contributed by atoms with Gasteiger partial charge in [-0.05, 0) is 12.8 Å². The third-order valence-electron chi connectivity index (χ3n) is 5.51. The lowest BCUT2D eigenvalue weighted by molar-refractivity contribution is 0.413. The molecule has 3 aliphatic heterocycles. The molecular formula is C20H23N7O. The Hall–Kier alpha value is -3.13. The lowest BCUT2D eigenvalue weighted by Gasteiger charge is -2.23. The molecule has 0 bridgehead atoms. The van der Waals surface area contributed by atoms with Gasteiger partial charge in [0.25, 0.3) is 0 Å². The van der Waals surface area contributed by atoms with E-state index in [1.165, 1.54) is 12.8 Å². The summed E-state index contributed by atoms with van der Waals surface area (Å²) in [6, 6.07) is 2.12. The number of hydrogen-bond acceptors (Lipinski definition) is 8. The first-order valence-electron chi connectivity index (χ1n) is 9.53. The normalized spacial score (nSPS) is 21.3. The summed E-state index contributed by atoms with van der Waals surface area (Å²) in [6.45, 7) is 7.19. The maximum absolute atomic E-state index is 5.29. The van der Waals surface area contributed by atoms with E-state index in [1.54, 1.807) is 13.3 Å². The van der Waals surface area contributed by atoms with Gasteiger partial charge in [-0.2, -0.15) is 0 Å². The van der Waals surface area contributed by atoms with E-state index in [0.717, 1.165) is 54.0 Å². The monoisotopic (exact) mass is 377 g/mol. The fourth-order valence-electron chi connectivity index (χ4n) is 3.98. The Bertz CT molecular complexity index is 920. The zero-order valence-electron chi connectivity index (χ0n) is 15.9. The summed E-state index contributed by atoms with van der Waals surface area (Å²) >= 11 is 0. The maximum atomic E-state index is 5.29. The molecule has 0 saturated carbocycles. The molecule has 8 heteroatoms. The van der Waals surface area contributed by atoms with Gasteiger partial charge < -0.3 is 14.5 Å². The molecule has 1 unspecified atom stereocenters. The number of hydrazine groups is 1. The number of aromatic nitrogens is 3. The van der Waals surface area contributed by atoms with Crippen LogP contribution in [0.2, 0.25) is 0 Å². The molecule has 5 rings (SSSR count). The van der Waals surface area contributed by atoms with Crippen LogP contribution in [0.25, 0.3) is 0 Å². The Balaban J connectivity index is 1.33. The van der Waals surface area contributed by atoms with E-state index >= 15 is 0 Å². The molecule has 144 valence electrons. The minimum absolute atomic E-state index is 0.152. The van der Waals surface area contributed by atoms with Crippen molar-refractivity contribution in [2.45, 2.75) is 18.9 Å². The van der Waals surface area contributed by atoms with E-state index in [0.29, 0.717) is 0 Å². The second-order valence-corrected chi connectivity index (χ2v) is 7.20. The van der Waals surface area contributed by atoms with Crippen molar-refractivity contribution < 1.29 is 4.74 Å². The van der Waals surface area contributed by atoms with Crippen molar-refractivity contribution in [3.05, 3.63) is 54.9 Å². The number of hydrogen-bond donors (Lipinski definition) is 1. The van der Waals surface area contributed by atoms with Gasteiger partial charge in [0.2, 0.25) is 0 Å². The quantitative estimate of drug-likeness (QED) is 0.869. The smallest absolute Gasteiger partial charge is 0.165 e. The van der Waals surface area contributed by atoms with Crippen molar-refractivity contribution in [3.63, 3.8) is 0 Å². The SMILES string of the molecule is C=C1C2=CN(c3cnc(N4CCCC4)cn3)NC2CN1c1cncc(OC)c1. The van der Waals surface area contributed by atoms with E-state index < -0.39 is 0 Å². The standard InChI is InChI=1S/C20H23N7O/c1-14-17-12-27(20-11-22-19(10-23-20)25-5-3-4-6-25)24-18(17)13-26(14)15-7-16(28-2)9-21-8-15/h7-12,18,24H,1,3-6,13H2,2H3. The molecule has 5 heterocycles. The van der Waals surface area contributed by atoms with Crippen LogP contribution in [0.5, 0.6) is 5.75 Å². The zero-order chi connectivity index (χ0) is 19.1. The molecule has 28 heavy (non-hydrogen) atoms. The predicted octanol–water partition coefficient (Wildman–Crippen LogP) is 2.09. The summed E-state index contributed by atoms with van der Waals surface area (Å²) in [6.07, 6.45) is 11.7. The molecule has 0 spiro atoms. The Labute approximate surface area is 164 Å². The van der Waals surface area contributed by atoms with Crippen LogP contribution in [0.4, 0.5) is 17.3 Å². The second-order valence-electron chi connectivity index (χ2n) is 7.20. The molecule has 3 aliphatic rings. The lowest BCUT2D eigenvalue weighted by atomic mass is 10.2. The number of rotatable bonds is 4. The number of methoxy groups -OCH3 is 1. The van der Waals surface area contributed by atoms with E-state index in [4.69, 9.17) is 4.74 Å². The summed E-state index contributed by atoms with van der Waals surface area (Å²) in [5, 5.41) is 1.94. The van der Waals surface area contributed by atoms with Crippen molar-refractivity contribution in [2.75, 3.05) is 41.6 Å². The fraction of sp³-hybridized carbons (Fsp3) is 0.350. The molecule has 0 radical (unpaired) electrons. The molecule has 2 saturated heterocycles. The summed E-state index contributed by atoms with van der Waals surface area (Å²) in [4.78, 5) is 17.9. The largest absolute Gasteiger partial charge is 0.495 e. The number of ether oxygens (including phenoxy) is 1. The van der Waals surface area contributed by atoms with Gasteiger partial charge >= 0.3 is 0 Å². The molecule has 8 nitrogen and oxygen atoms in total. The molecule has 0 aliphatic carbocycles. The number of nitrogens with one attached hydrogen (secondary N) is 1. The Morgan fingerprint density at radius 2 is 1.89 bits per heavy atom. The van der Waals surface area contributed by atoms with E-state index in [-0.39, 0.29) is 6.04 Å². The summed E-state index contributed by atoms with van der Waals surface area (Å²) in [5.74, 6) is 2.47. The highest BCUT2D eigenvalue weighted by Gasteiger charge is 2.37. The third kappa shape index (κ3) is 2.86. The van der Waals surface area contributed by atoms with E-state index in [1.807, 2.05) is 29.7 Å². The first kappa shape index (κ1) is 17.0. The molecule has 1 N–H and O–H groups in total. The predicted molar refractivity (Wildman–Crippen MR) is 108 cm³/mol. The van der Waals surface area contributed by atoms with E-state index in [9.17, 15) is 0 Å². The van der Waals surface area contributed by atoms with Crippen LogP contribution in [0, 0.1) is 0 Å². The van der Waals surface area contributed by atoms with Gasteiger partial charge in [-0.25, -0.2) is 15.4 Å². The van der Waals surface area contributed by atoms with Crippen molar-refractivity contribution in [1.29, 1.82) is 0 Å². The number of pyridine rings is 1. The minimum atomic E-state index is 0.152. The first-order valence-corrected chi connectivity index (χ1v) is 9.53. The second kappa shape index (κ2) is 6.79. The molecule has 2 aromatic heterocycles. The van der Waals surface area contributed by atoms with Crippen LogP contribution in [-0.4, -0.2) is 47.7 Å². The van der Waals surface area contributed by atoms with Crippen molar-refractivity contribution in [3.8, 4) is 5.75 Å². The molecule has 2 aromatic rings. The molecule has 0 aromatic carbocycles. The van der Waals surface area contributed by atoms with E-state index in [2.05, 4.69) is 43.0 Å². The van der Waals surface area contributed by atoms with Crippen LogP contribution in [0.3, 0.4) is 0 Å². The number of anilines is 3. The lowest BCUT2D eigenvalue weighted by Crippen LogP contribution is -2.39. The van der Waals surface area contributed by atoms with Crippen LogP contribution >= 0.6 is 0 Å². The summed E-state index contributed by atoms with van der Waals surface area (Å²) < 4.78 is 5.29. The Morgan fingerprint density at radius 1 is 1.11 bits per heavy atom. The first-order chi connectivity index (χ1) is 13.7. The Kier molecular flexibility index (Phi) is 4.12. The average molecular weight is 377 g/mol. The third-order valence-corrected chi connectivity index (χ3v) is 5.51. The zero-order valence-corrected chi connectivity index (χ0v) is 15.9. The van der Waals surface area contributed by atoms with Gasteiger partial charge in [0.15, 0.2) is 5.82 Å². The highest BCUT2D eigenvalue weighted by atomic mass is 16.5. The number of nitrogens with zero attached hydrogens (tertiary/aromatic N) is 6. The van der Waals surface area contributed by atoms with Gasteiger partial charge in [0.05, 0.1) is 43.6 Å². The van der Waals surface area contributed by atoms with Crippen molar-refractivity contribution in [2.24, 2.45) is 0 Å². The average Bonchev–Trinajstić information content (AvgIpc) is 3.46.